The van der Waals surface area contributed by atoms with Crippen LogP contribution in [0.1, 0.15) is 27.2 Å². The summed E-state index contributed by atoms with van der Waals surface area (Å²) in [5, 5.41) is 7.92. The quantitative estimate of drug-likeness (QED) is 0.879. The normalized spacial score (nSPS) is 24.3. The molecule has 1 N–H and O–H groups in total. The molecule has 0 bridgehead atoms. The van der Waals surface area contributed by atoms with Gasteiger partial charge in [0.15, 0.2) is 0 Å². The van der Waals surface area contributed by atoms with Crippen molar-refractivity contribution in [2.24, 2.45) is 5.41 Å². The number of thioether (sulfide) groups is 1. The number of aryl methyl sites for hydroxylation is 1. The van der Waals surface area contributed by atoms with Crippen LogP contribution in [0.4, 0.5) is 5.69 Å². The van der Waals surface area contributed by atoms with Crippen LogP contribution >= 0.6 is 11.8 Å². The number of hydrogen-bond donors (Lipinski definition) is 1. The maximum Gasteiger partial charge on any atom is 0.0729 e. The molecular weight excluding hydrogens is 218 g/mol. The van der Waals surface area contributed by atoms with Crippen LogP contribution in [0.3, 0.4) is 0 Å². The van der Waals surface area contributed by atoms with Gasteiger partial charge in [0.25, 0.3) is 0 Å². The first-order valence-electron chi connectivity index (χ1n) is 5.98. The van der Waals surface area contributed by atoms with E-state index in [0.29, 0.717) is 11.5 Å². The van der Waals surface area contributed by atoms with E-state index in [1.54, 1.807) is 0 Å². The lowest BCUT2D eigenvalue weighted by Gasteiger charge is -2.38. The summed E-state index contributed by atoms with van der Waals surface area (Å²) in [7, 11) is 0. The third kappa shape index (κ3) is 2.54. The highest BCUT2D eigenvalue weighted by Crippen LogP contribution is 2.35. The molecule has 2 rings (SSSR count). The highest BCUT2D eigenvalue weighted by Gasteiger charge is 2.32. The van der Waals surface area contributed by atoms with Gasteiger partial charge in [0.2, 0.25) is 0 Å². The van der Waals surface area contributed by atoms with Gasteiger partial charge in [-0.25, -0.2) is 0 Å². The van der Waals surface area contributed by atoms with E-state index in [1.165, 1.54) is 17.9 Å². The second-order valence-corrected chi connectivity index (χ2v) is 6.24. The summed E-state index contributed by atoms with van der Waals surface area (Å²) in [5.41, 5.74) is 1.54. The first kappa shape index (κ1) is 11.8. The van der Waals surface area contributed by atoms with Gasteiger partial charge in [-0.1, -0.05) is 13.8 Å². The summed E-state index contributed by atoms with van der Waals surface area (Å²) in [4.78, 5) is 0. The molecule has 1 saturated heterocycles. The highest BCUT2D eigenvalue weighted by molar-refractivity contribution is 7.99. The van der Waals surface area contributed by atoms with E-state index in [-0.39, 0.29) is 0 Å². The summed E-state index contributed by atoms with van der Waals surface area (Å²) in [6.07, 6.45) is 5.31. The lowest BCUT2D eigenvalue weighted by atomic mass is 9.82. The fourth-order valence-corrected chi connectivity index (χ4v) is 3.59. The molecule has 90 valence electrons. The van der Waals surface area contributed by atoms with Crippen molar-refractivity contribution < 1.29 is 0 Å². The third-order valence-electron chi connectivity index (χ3n) is 3.42. The minimum atomic E-state index is 0.388. The van der Waals surface area contributed by atoms with E-state index >= 15 is 0 Å². The Labute approximate surface area is 102 Å². The maximum absolute atomic E-state index is 4.30. The van der Waals surface area contributed by atoms with Crippen molar-refractivity contribution in [1.82, 2.24) is 9.78 Å². The Morgan fingerprint density at radius 1 is 1.62 bits per heavy atom. The van der Waals surface area contributed by atoms with Crippen LogP contribution in [0.15, 0.2) is 12.4 Å². The van der Waals surface area contributed by atoms with Gasteiger partial charge >= 0.3 is 0 Å². The Balaban J connectivity index is 2.02. The summed E-state index contributed by atoms with van der Waals surface area (Å²) in [5.74, 6) is 2.49. The summed E-state index contributed by atoms with van der Waals surface area (Å²) >= 11 is 2.05. The van der Waals surface area contributed by atoms with Gasteiger partial charge in [-0.15, -0.1) is 0 Å². The molecule has 1 unspecified atom stereocenters. The van der Waals surface area contributed by atoms with Gasteiger partial charge in [-0.05, 0) is 24.5 Å². The topological polar surface area (TPSA) is 29.9 Å². The molecule has 1 atom stereocenters. The number of aromatic nitrogens is 2. The average molecular weight is 239 g/mol. The van der Waals surface area contributed by atoms with Crippen molar-refractivity contribution in [3.05, 3.63) is 12.4 Å². The van der Waals surface area contributed by atoms with Crippen molar-refractivity contribution >= 4 is 17.4 Å². The van der Waals surface area contributed by atoms with Crippen LogP contribution in [0.2, 0.25) is 0 Å². The van der Waals surface area contributed by atoms with E-state index in [0.717, 1.165) is 12.2 Å². The second kappa shape index (κ2) is 4.70. The predicted octanol–water partition coefficient (Wildman–Crippen LogP) is 2.85. The number of hydrogen-bond acceptors (Lipinski definition) is 3. The van der Waals surface area contributed by atoms with Crippen molar-refractivity contribution in [3.63, 3.8) is 0 Å². The smallest absolute Gasteiger partial charge is 0.0729 e. The average Bonchev–Trinajstić information content (AvgIpc) is 2.69. The molecular formula is C12H21N3S. The first-order chi connectivity index (χ1) is 7.62. The summed E-state index contributed by atoms with van der Waals surface area (Å²) < 4.78 is 1.96. The predicted molar refractivity (Wildman–Crippen MR) is 71.0 cm³/mol. The van der Waals surface area contributed by atoms with Crippen LogP contribution in [-0.2, 0) is 6.54 Å². The number of rotatable bonds is 3. The highest BCUT2D eigenvalue weighted by atomic mass is 32.2. The van der Waals surface area contributed by atoms with Gasteiger partial charge in [0, 0.05) is 24.5 Å². The zero-order valence-electron chi connectivity index (χ0n) is 10.4. The van der Waals surface area contributed by atoms with Crippen LogP contribution in [0.5, 0.6) is 0 Å². The fourth-order valence-electron chi connectivity index (χ4n) is 1.99. The molecule has 16 heavy (non-hydrogen) atoms. The first-order valence-corrected chi connectivity index (χ1v) is 7.14. The Hall–Kier alpha value is -0.640. The molecule has 1 aromatic rings. The SMILES string of the molecule is CCn1cc(NC2CSCCC2(C)C)cn1. The van der Waals surface area contributed by atoms with Crippen LogP contribution in [0, 0.1) is 5.41 Å². The molecule has 0 radical (unpaired) electrons. The Bertz CT molecular complexity index is 346. The second-order valence-electron chi connectivity index (χ2n) is 5.10. The summed E-state index contributed by atoms with van der Waals surface area (Å²) in [6.45, 7) is 7.75. The zero-order valence-corrected chi connectivity index (χ0v) is 11.2. The van der Waals surface area contributed by atoms with Crippen molar-refractivity contribution in [2.75, 3.05) is 16.8 Å². The molecule has 1 fully saturated rings. The standard InChI is InChI=1S/C12H21N3S/c1-4-15-8-10(7-13-15)14-11-9-16-6-5-12(11,2)3/h7-8,11,14H,4-6,9H2,1-3H3. The molecule has 0 aliphatic carbocycles. The maximum atomic E-state index is 4.30. The van der Waals surface area contributed by atoms with Crippen LogP contribution in [0.25, 0.3) is 0 Å². The van der Waals surface area contributed by atoms with E-state index in [4.69, 9.17) is 0 Å². The minimum Gasteiger partial charge on any atom is -0.378 e. The van der Waals surface area contributed by atoms with E-state index in [9.17, 15) is 0 Å². The van der Waals surface area contributed by atoms with Crippen LogP contribution in [-0.4, -0.2) is 27.3 Å². The Kier molecular flexibility index (Phi) is 3.47. The lowest BCUT2D eigenvalue weighted by molar-refractivity contribution is 0.305. The van der Waals surface area contributed by atoms with Gasteiger partial charge in [-0.3, -0.25) is 4.68 Å². The molecule has 0 amide bonds. The molecule has 2 heterocycles. The summed E-state index contributed by atoms with van der Waals surface area (Å²) in [6, 6.07) is 0.556. The van der Waals surface area contributed by atoms with Crippen molar-refractivity contribution in [1.29, 1.82) is 0 Å². The van der Waals surface area contributed by atoms with Gasteiger partial charge < -0.3 is 5.32 Å². The van der Waals surface area contributed by atoms with E-state index in [2.05, 4.69) is 37.4 Å². The monoisotopic (exact) mass is 239 g/mol. The van der Waals surface area contributed by atoms with Gasteiger partial charge in [-0.2, -0.15) is 16.9 Å². The lowest BCUT2D eigenvalue weighted by Crippen LogP contribution is -2.41. The van der Waals surface area contributed by atoms with E-state index < -0.39 is 0 Å². The number of anilines is 1. The third-order valence-corrected chi connectivity index (χ3v) is 4.48. The van der Waals surface area contributed by atoms with Gasteiger partial charge in [0.1, 0.15) is 0 Å². The zero-order chi connectivity index (χ0) is 11.6. The minimum absolute atomic E-state index is 0.388. The fraction of sp³-hybridized carbons (Fsp3) is 0.750. The molecule has 0 saturated carbocycles. The Morgan fingerprint density at radius 3 is 3.06 bits per heavy atom. The van der Waals surface area contributed by atoms with E-state index in [1.807, 2.05) is 22.6 Å². The van der Waals surface area contributed by atoms with Crippen LogP contribution < -0.4 is 5.32 Å². The largest absolute Gasteiger partial charge is 0.378 e. The molecule has 1 aliphatic heterocycles. The Morgan fingerprint density at radius 2 is 2.44 bits per heavy atom. The van der Waals surface area contributed by atoms with Crippen molar-refractivity contribution in [3.8, 4) is 0 Å². The molecule has 1 aliphatic rings. The van der Waals surface area contributed by atoms with Crippen molar-refractivity contribution in [2.45, 2.75) is 39.8 Å². The molecule has 4 heteroatoms. The molecule has 0 aromatic carbocycles. The molecule has 3 nitrogen and oxygen atoms in total. The molecule has 1 aromatic heterocycles. The molecule has 0 spiro atoms. The van der Waals surface area contributed by atoms with Gasteiger partial charge in [0.05, 0.1) is 11.9 Å². The number of nitrogens with one attached hydrogen (secondary N) is 1. The number of nitrogens with zero attached hydrogens (tertiary/aromatic N) is 2.